The fourth-order valence-electron chi connectivity index (χ4n) is 5.25. The Morgan fingerprint density at radius 3 is 2.55 bits per heavy atom. The minimum Gasteiger partial charge on any atom is -0.507 e. The largest absolute Gasteiger partial charge is 0.507 e. The van der Waals surface area contributed by atoms with E-state index in [-0.39, 0.29) is 18.1 Å². The highest BCUT2D eigenvalue weighted by Gasteiger charge is 2.44. The van der Waals surface area contributed by atoms with Crippen LogP contribution in [0.15, 0.2) is 55.1 Å². The van der Waals surface area contributed by atoms with Gasteiger partial charge in [-0.25, -0.2) is 0 Å². The van der Waals surface area contributed by atoms with Crippen molar-refractivity contribution in [2.75, 3.05) is 56.0 Å². The molecule has 2 aliphatic rings. The zero-order valence-electron chi connectivity index (χ0n) is 20.9. The average Bonchev–Trinajstić information content (AvgIpc) is 3.28. The second-order valence-electron chi connectivity index (χ2n) is 9.94. The molecular weight excluding hydrogens is 521 g/mol. The number of aromatic hydroxyl groups is 1. The molecule has 0 bridgehead atoms. The topological polar surface area (TPSA) is 79.3 Å². The molecule has 38 heavy (non-hydrogen) atoms. The Morgan fingerprint density at radius 2 is 1.89 bits per heavy atom. The van der Waals surface area contributed by atoms with Crippen molar-refractivity contribution < 1.29 is 28.2 Å². The molecule has 7 nitrogen and oxygen atoms in total. The molecule has 206 valence electrons. The first kappa shape index (κ1) is 28.1. The first-order valence-electron chi connectivity index (χ1n) is 12.5. The van der Waals surface area contributed by atoms with Gasteiger partial charge in [-0.3, -0.25) is 9.69 Å². The van der Waals surface area contributed by atoms with Crippen LogP contribution in [0, 0.1) is 5.41 Å². The zero-order valence-corrected chi connectivity index (χ0v) is 21.7. The van der Waals surface area contributed by atoms with Crippen molar-refractivity contribution in [3.63, 3.8) is 0 Å². The number of alkyl halides is 3. The zero-order chi connectivity index (χ0) is 27.5. The number of amides is 1. The van der Waals surface area contributed by atoms with Crippen LogP contribution in [0.1, 0.15) is 18.4 Å². The second-order valence-corrected chi connectivity index (χ2v) is 10.4. The molecule has 2 atom stereocenters. The standard InChI is InChI=1S/C27H32ClF3N4O3/c1-2-8-26(25(38)32-20-6-7-23(36)22(16-20)27(29,30)31)9-10-33(18-26)17-24(37)35-13-11-34(12-14-35)21-5-3-4-19(28)15-21/h2-7,15-16,25,32,36,38H,1,8-14,17-18H2. The molecule has 0 radical (unpaired) electrons. The third-order valence-electron chi connectivity index (χ3n) is 7.37. The highest BCUT2D eigenvalue weighted by Crippen LogP contribution is 2.40. The number of aliphatic hydroxyl groups excluding tert-OH is 1. The lowest BCUT2D eigenvalue weighted by Gasteiger charge is -2.37. The highest BCUT2D eigenvalue weighted by atomic mass is 35.5. The molecule has 11 heteroatoms. The van der Waals surface area contributed by atoms with Gasteiger partial charge >= 0.3 is 6.18 Å². The molecular formula is C27H32ClF3N4O3. The lowest BCUT2D eigenvalue weighted by atomic mass is 9.81. The van der Waals surface area contributed by atoms with Gasteiger partial charge in [-0.05, 0) is 55.8 Å². The highest BCUT2D eigenvalue weighted by molar-refractivity contribution is 6.30. The summed E-state index contributed by atoms with van der Waals surface area (Å²) >= 11 is 6.10. The number of carbonyl (C=O) groups is 1. The van der Waals surface area contributed by atoms with Crippen molar-refractivity contribution in [2.24, 2.45) is 5.41 Å². The van der Waals surface area contributed by atoms with Crippen molar-refractivity contribution in [1.29, 1.82) is 0 Å². The van der Waals surface area contributed by atoms with E-state index >= 15 is 0 Å². The Bertz CT molecular complexity index is 1160. The number of hydrogen-bond acceptors (Lipinski definition) is 6. The van der Waals surface area contributed by atoms with Gasteiger partial charge in [0.1, 0.15) is 12.0 Å². The number of hydrogen-bond donors (Lipinski definition) is 3. The number of nitrogens with zero attached hydrogens (tertiary/aromatic N) is 3. The van der Waals surface area contributed by atoms with E-state index in [9.17, 15) is 28.2 Å². The van der Waals surface area contributed by atoms with E-state index in [1.807, 2.05) is 34.1 Å². The third kappa shape index (κ3) is 6.36. The number of likely N-dealkylation sites (tertiary alicyclic amines) is 1. The molecule has 0 aliphatic carbocycles. The minimum atomic E-state index is -4.73. The number of piperazine rings is 1. The summed E-state index contributed by atoms with van der Waals surface area (Å²) in [5.41, 5.74) is -0.848. The monoisotopic (exact) mass is 552 g/mol. The first-order valence-corrected chi connectivity index (χ1v) is 12.8. The molecule has 4 rings (SSSR count). The van der Waals surface area contributed by atoms with Crippen molar-refractivity contribution in [3.8, 4) is 5.75 Å². The van der Waals surface area contributed by atoms with Crippen LogP contribution < -0.4 is 10.2 Å². The van der Waals surface area contributed by atoms with Crippen LogP contribution >= 0.6 is 11.6 Å². The second kappa shape index (κ2) is 11.4. The summed E-state index contributed by atoms with van der Waals surface area (Å²) in [6, 6.07) is 10.6. The lowest BCUT2D eigenvalue weighted by molar-refractivity contribution is -0.138. The molecule has 2 aromatic rings. The number of phenolic OH excluding ortho intramolecular Hbond substituents is 1. The van der Waals surface area contributed by atoms with Gasteiger partial charge in [-0.1, -0.05) is 23.7 Å². The number of benzene rings is 2. The molecule has 1 amide bonds. The third-order valence-corrected chi connectivity index (χ3v) is 7.60. The Morgan fingerprint density at radius 1 is 1.16 bits per heavy atom. The maximum atomic E-state index is 13.2. The molecule has 2 aliphatic heterocycles. The average molecular weight is 553 g/mol. The van der Waals surface area contributed by atoms with E-state index in [4.69, 9.17) is 11.6 Å². The summed E-state index contributed by atoms with van der Waals surface area (Å²) in [6.45, 7) is 7.49. The van der Waals surface area contributed by atoms with Gasteiger partial charge in [-0.15, -0.1) is 6.58 Å². The number of anilines is 2. The fraction of sp³-hybridized carbons (Fsp3) is 0.444. The van der Waals surface area contributed by atoms with Crippen LogP contribution in [0.2, 0.25) is 5.02 Å². The summed E-state index contributed by atoms with van der Waals surface area (Å²) in [7, 11) is 0. The summed E-state index contributed by atoms with van der Waals surface area (Å²) in [4.78, 5) is 19.1. The van der Waals surface area contributed by atoms with E-state index in [1.165, 1.54) is 6.07 Å². The van der Waals surface area contributed by atoms with Gasteiger partial charge in [0.2, 0.25) is 5.91 Å². The van der Waals surface area contributed by atoms with Crippen LogP contribution in [0.5, 0.6) is 5.75 Å². The van der Waals surface area contributed by atoms with Crippen LogP contribution in [-0.4, -0.2) is 78.0 Å². The van der Waals surface area contributed by atoms with Crippen LogP contribution in [0.4, 0.5) is 24.5 Å². The SMILES string of the molecule is C=CCC1(C(O)Nc2ccc(O)c(C(F)(F)F)c2)CCN(CC(=O)N2CCN(c3cccc(Cl)c3)CC2)C1. The number of aliphatic hydroxyl groups is 1. The lowest BCUT2D eigenvalue weighted by Crippen LogP contribution is -2.51. The van der Waals surface area contributed by atoms with Crippen molar-refractivity contribution in [3.05, 3.63) is 65.7 Å². The van der Waals surface area contributed by atoms with Crippen molar-refractivity contribution >= 4 is 28.9 Å². The van der Waals surface area contributed by atoms with Crippen LogP contribution in [0.25, 0.3) is 0 Å². The van der Waals surface area contributed by atoms with E-state index < -0.39 is 29.1 Å². The smallest absolute Gasteiger partial charge is 0.420 e. The molecule has 2 unspecified atom stereocenters. The predicted molar refractivity (Wildman–Crippen MR) is 141 cm³/mol. The van der Waals surface area contributed by atoms with E-state index in [1.54, 1.807) is 6.08 Å². The van der Waals surface area contributed by atoms with E-state index in [0.717, 1.165) is 17.8 Å². The molecule has 0 saturated carbocycles. The molecule has 2 saturated heterocycles. The summed E-state index contributed by atoms with van der Waals surface area (Å²) in [5.74, 6) is -0.877. The Hall–Kier alpha value is -2.95. The van der Waals surface area contributed by atoms with Gasteiger partial charge in [0.05, 0.1) is 12.1 Å². The Labute approximate surface area is 225 Å². The van der Waals surface area contributed by atoms with Gasteiger partial charge in [-0.2, -0.15) is 13.2 Å². The summed E-state index contributed by atoms with van der Waals surface area (Å²) in [5, 5.41) is 24.1. The number of nitrogens with one attached hydrogen (secondary N) is 1. The number of allylic oxidation sites excluding steroid dienone is 1. The predicted octanol–water partition coefficient (Wildman–Crippen LogP) is 4.41. The number of phenols is 1. The number of carbonyl (C=O) groups excluding carboxylic acids is 1. The van der Waals surface area contributed by atoms with Gasteiger partial charge in [0, 0.05) is 54.5 Å². The number of rotatable bonds is 8. The number of halogens is 4. The first-order chi connectivity index (χ1) is 18.0. The fourth-order valence-corrected chi connectivity index (χ4v) is 5.43. The molecule has 2 aromatic carbocycles. The maximum absolute atomic E-state index is 13.2. The van der Waals surface area contributed by atoms with Gasteiger partial charge < -0.3 is 25.3 Å². The minimum absolute atomic E-state index is 0.000879. The Kier molecular flexibility index (Phi) is 8.44. The van der Waals surface area contributed by atoms with Gasteiger partial charge in [0.15, 0.2) is 0 Å². The Balaban J connectivity index is 1.35. The molecule has 2 heterocycles. The maximum Gasteiger partial charge on any atom is 0.420 e. The van der Waals surface area contributed by atoms with Crippen molar-refractivity contribution in [1.82, 2.24) is 9.80 Å². The quantitative estimate of drug-likeness (QED) is 0.256. The van der Waals surface area contributed by atoms with Crippen LogP contribution in [-0.2, 0) is 11.0 Å². The molecule has 0 aromatic heterocycles. The molecule has 3 N–H and O–H groups in total. The van der Waals surface area contributed by atoms with Crippen molar-refractivity contribution in [2.45, 2.75) is 25.2 Å². The van der Waals surface area contributed by atoms with E-state index in [2.05, 4.69) is 16.8 Å². The molecule has 0 spiro atoms. The summed E-state index contributed by atoms with van der Waals surface area (Å²) in [6.07, 6.45) is -3.30. The summed E-state index contributed by atoms with van der Waals surface area (Å²) < 4.78 is 39.6. The van der Waals surface area contributed by atoms with E-state index in [0.29, 0.717) is 57.1 Å². The van der Waals surface area contributed by atoms with Crippen LogP contribution in [0.3, 0.4) is 0 Å². The molecule has 2 fully saturated rings. The van der Waals surface area contributed by atoms with Gasteiger partial charge in [0.25, 0.3) is 0 Å². The normalized spacial score (nSPS) is 21.4.